The molecule has 0 saturated carbocycles. The number of nitrogens with zero attached hydrogens (tertiary/aromatic N) is 2. The van der Waals surface area contributed by atoms with E-state index < -0.39 is 0 Å². The zero-order valence-corrected chi connectivity index (χ0v) is 14.8. The molecule has 2 heterocycles. The first-order chi connectivity index (χ1) is 11.4. The van der Waals surface area contributed by atoms with Gasteiger partial charge in [0, 0.05) is 38.4 Å². The molecule has 132 valence electrons. The molecule has 2 aliphatic heterocycles. The van der Waals surface area contributed by atoms with Crippen molar-refractivity contribution in [3.05, 3.63) is 35.1 Å². The highest BCUT2D eigenvalue weighted by molar-refractivity contribution is 5.94. The lowest BCUT2D eigenvalue weighted by molar-refractivity contribution is -0.00451. The summed E-state index contributed by atoms with van der Waals surface area (Å²) in [5.74, 6) is 0.0716. The Bertz CT molecular complexity index is 611. The van der Waals surface area contributed by atoms with E-state index in [2.05, 4.69) is 19.0 Å². The minimum absolute atomic E-state index is 0.0546. The molecule has 1 aromatic rings. The number of aryl methyl sites for hydroxylation is 1. The summed E-state index contributed by atoms with van der Waals surface area (Å²) in [5, 5.41) is 0. The zero-order chi connectivity index (χ0) is 17.3. The molecule has 2 fully saturated rings. The van der Waals surface area contributed by atoms with Gasteiger partial charge in [-0.1, -0.05) is 6.07 Å². The number of hydrogen-bond acceptors (Lipinski definition) is 3. The SMILES string of the molecule is Cc1ccc(C(=O)N2C[C@@H](CN(C)C)C3(CCOCC3)C2)cc1F. The van der Waals surface area contributed by atoms with E-state index >= 15 is 0 Å². The number of amides is 1. The van der Waals surface area contributed by atoms with E-state index in [1.165, 1.54) is 6.07 Å². The molecule has 0 bridgehead atoms. The van der Waals surface area contributed by atoms with Crippen LogP contribution in [0.25, 0.3) is 0 Å². The molecule has 2 aliphatic rings. The molecule has 0 aliphatic carbocycles. The monoisotopic (exact) mass is 334 g/mol. The van der Waals surface area contributed by atoms with Gasteiger partial charge in [0.2, 0.25) is 0 Å². The molecule has 3 rings (SSSR count). The summed E-state index contributed by atoms with van der Waals surface area (Å²) in [7, 11) is 4.15. The molecular weight excluding hydrogens is 307 g/mol. The lowest BCUT2D eigenvalue weighted by Crippen LogP contribution is -2.40. The number of rotatable bonds is 3. The number of halogens is 1. The van der Waals surface area contributed by atoms with Crippen molar-refractivity contribution in [3.63, 3.8) is 0 Å². The lowest BCUT2D eigenvalue weighted by Gasteiger charge is -2.38. The Morgan fingerprint density at radius 1 is 1.38 bits per heavy atom. The number of carbonyl (C=O) groups excluding carboxylic acids is 1. The van der Waals surface area contributed by atoms with Gasteiger partial charge in [0.25, 0.3) is 5.91 Å². The van der Waals surface area contributed by atoms with E-state index in [4.69, 9.17) is 4.74 Å². The molecule has 5 heteroatoms. The van der Waals surface area contributed by atoms with Crippen LogP contribution in [-0.4, -0.2) is 62.7 Å². The Labute approximate surface area is 143 Å². The lowest BCUT2D eigenvalue weighted by atomic mass is 9.72. The van der Waals surface area contributed by atoms with E-state index in [0.717, 1.165) is 45.7 Å². The fourth-order valence-corrected chi connectivity index (χ4v) is 4.13. The third-order valence-electron chi connectivity index (χ3n) is 5.59. The number of hydrogen-bond donors (Lipinski definition) is 0. The second-order valence-corrected chi connectivity index (χ2v) is 7.58. The van der Waals surface area contributed by atoms with E-state index in [0.29, 0.717) is 17.0 Å². The first-order valence-electron chi connectivity index (χ1n) is 8.69. The summed E-state index contributed by atoms with van der Waals surface area (Å²) in [5.41, 5.74) is 1.16. The van der Waals surface area contributed by atoms with Gasteiger partial charge in [0.15, 0.2) is 0 Å². The maximum absolute atomic E-state index is 13.8. The Hall–Kier alpha value is -1.46. The second-order valence-electron chi connectivity index (χ2n) is 7.58. The third-order valence-corrected chi connectivity index (χ3v) is 5.59. The van der Waals surface area contributed by atoms with Gasteiger partial charge in [-0.05, 0) is 62.9 Å². The van der Waals surface area contributed by atoms with Gasteiger partial charge in [-0.2, -0.15) is 0 Å². The Balaban J connectivity index is 1.81. The summed E-state index contributed by atoms with van der Waals surface area (Å²) in [4.78, 5) is 17.0. The Morgan fingerprint density at radius 3 is 2.71 bits per heavy atom. The fourth-order valence-electron chi connectivity index (χ4n) is 4.13. The summed E-state index contributed by atoms with van der Waals surface area (Å²) >= 11 is 0. The summed E-state index contributed by atoms with van der Waals surface area (Å²) in [6, 6.07) is 4.78. The largest absolute Gasteiger partial charge is 0.381 e. The van der Waals surface area contributed by atoms with Crippen LogP contribution >= 0.6 is 0 Å². The molecule has 1 spiro atoms. The summed E-state index contributed by atoms with van der Waals surface area (Å²) in [6.45, 7) is 5.71. The van der Waals surface area contributed by atoms with Crippen molar-refractivity contribution < 1.29 is 13.9 Å². The average molecular weight is 334 g/mol. The van der Waals surface area contributed by atoms with E-state index in [1.54, 1.807) is 19.1 Å². The maximum Gasteiger partial charge on any atom is 0.253 e. The molecule has 0 N–H and O–H groups in total. The Kier molecular flexibility index (Phi) is 4.92. The van der Waals surface area contributed by atoms with Gasteiger partial charge < -0.3 is 14.5 Å². The minimum atomic E-state index is -0.314. The fraction of sp³-hybridized carbons (Fsp3) is 0.632. The second kappa shape index (κ2) is 6.81. The zero-order valence-electron chi connectivity index (χ0n) is 14.8. The summed E-state index contributed by atoms with van der Waals surface area (Å²) in [6.07, 6.45) is 2.00. The van der Waals surface area contributed by atoms with Crippen molar-refractivity contribution in [3.8, 4) is 0 Å². The van der Waals surface area contributed by atoms with Crippen molar-refractivity contribution in [2.24, 2.45) is 11.3 Å². The van der Waals surface area contributed by atoms with Crippen molar-refractivity contribution in [1.29, 1.82) is 0 Å². The van der Waals surface area contributed by atoms with Crippen molar-refractivity contribution in [1.82, 2.24) is 9.80 Å². The smallest absolute Gasteiger partial charge is 0.253 e. The van der Waals surface area contributed by atoms with Crippen LogP contribution in [0, 0.1) is 24.1 Å². The van der Waals surface area contributed by atoms with Gasteiger partial charge in [-0.15, -0.1) is 0 Å². The van der Waals surface area contributed by atoms with Crippen LogP contribution in [0.5, 0.6) is 0 Å². The van der Waals surface area contributed by atoms with E-state index in [1.807, 2.05) is 4.90 Å². The predicted molar refractivity (Wildman–Crippen MR) is 91.6 cm³/mol. The van der Waals surface area contributed by atoms with Gasteiger partial charge in [0.1, 0.15) is 5.82 Å². The van der Waals surface area contributed by atoms with Gasteiger partial charge in [-0.25, -0.2) is 4.39 Å². The van der Waals surface area contributed by atoms with Gasteiger partial charge in [0.05, 0.1) is 0 Å². The Morgan fingerprint density at radius 2 is 2.08 bits per heavy atom. The van der Waals surface area contributed by atoms with Crippen molar-refractivity contribution in [2.45, 2.75) is 19.8 Å². The van der Waals surface area contributed by atoms with Crippen LogP contribution in [0.4, 0.5) is 4.39 Å². The average Bonchev–Trinajstić information content (AvgIpc) is 2.87. The number of ether oxygens (including phenoxy) is 1. The van der Waals surface area contributed by atoms with Crippen LogP contribution in [0.1, 0.15) is 28.8 Å². The molecule has 2 saturated heterocycles. The van der Waals surface area contributed by atoms with Crippen molar-refractivity contribution >= 4 is 5.91 Å². The van der Waals surface area contributed by atoms with Gasteiger partial charge in [-0.3, -0.25) is 4.79 Å². The molecule has 4 nitrogen and oxygen atoms in total. The molecular formula is C19H27FN2O2. The molecule has 24 heavy (non-hydrogen) atoms. The van der Waals surface area contributed by atoms with E-state index in [9.17, 15) is 9.18 Å². The predicted octanol–water partition coefficient (Wildman–Crippen LogP) is 2.56. The highest BCUT2D eigenvalue weighted by Crippen LogP contribution is 2.44. The third kappa shape index (κ3) is 3.33. The van der Waals surface area contributed by atoms with Gasteiger partial charge >= 0.3 is 0 Å². The molecule has 0 aromatic heterocycles. The molecule has 1 atom stereocenters. The molecule has 1 amide bonds. The van der Waals surface area contributed by atoms with Crippen LogP contribution in [0.2, 0.25) is 0 Å². The topological polar surface area (TPSA) is 32.8 Å². The van der Waals surface area contributed by atoms with Crippen LogP contribution in [0.15, 0.2) is 18.2 Å². The quantitative estimate of drug-likeness (QED) is 0.852. The molecule has 0 unspecified atom stereocenters. The molecule has 0 radical (unpaired) electrons. The number of benzene rings is 1. The normalized spacial score (nSPS) is 23.2. The summed E-state index contributed by atoms with van der Waals surface area (Å²) < 4.78 is 19.4. The standard InChI is InChI=1S/C19H27FN2O2/c1-14-4-5-15(10-17(14)20)18(23)22-12-16(11-21(2)3)19(13-22)6-8-24-9-7-19/h4-5,10,16H,6-9,11-13H2,1-3H3/t16-/m1/s1. The number of likely N-dealkylation sites (tertiary alicyclic amines) is 1. The van der Waals surface area contributed by atoms with Crippen molar-refractivity contribution in [2.75, 3.05) is 46.9 Å². The first kappa shape index (κ1) is 17.4. The van der Waals surface area contributed by atoms with Crippen LogP contribution < -0.4 is 0 Å². The van der Waals surface area contributed by atoms with Crippen LogP contribution in [0.3, 0.4) is 0 Å². The maximum atomic E-state index is 13.8. The highest BCUT2D eigenvalue weighted by Gasteiger charge is 2.48. The van der Waals surface area contributed by atoms with E-state index in [-0.39, 0.29) is 17.1 Å². The minimum Gasteiger partial charge on any atom is -0.381 e. The molecule has 1 aromatic carbocycles. The first-order valence-corrected chi connectivity index (χ1v) is 8.69. The highest BCUT2D eigenvalue weighted by atomic mass is 19.1. The number of carbonyl (C=O) groups is 1. The van der Waals surface area contributed by atoms with Crippen LogP contribution in [-0.2, 0) is 4.74 Å².